The lowest BCUT2D eigenvalue weighted by atomic mass is 10.1. The van der Waals surface area contributed by atoms with Crippen LogP contribution in [0.4, 0.5) is 0 Å². The summed E-state index contributed by atoms with van der Waals surface area (Å²) in [4.78, 5) is 28.6. The van der Waals surface area contributed by atoms with E-state index in [4.69, 9.17) is 4.74 Å². The van der Waals surface area contributed by atoms with Gasteiger partial charge in [-0.2, -0.15) is 11.8 Å². The van der Waals surface area contributed by atoms with Crippen LogP contribution in [0.15, 0.2) is 22.0 Å². The fraction of sp³-hybridized carbons (Fsp3) is 0.647. The summed E-state index contributed by atoms with van der Waals surface area (Å²) in [5, 5.41) is 1.02. The van der Waals surface area contributed by atoms with E-state index in [0.29, 0.717) is 0 Å². The molecule has 0 radical (unpaired) electrons. The predicted molar refractivity (Wildman–Crippen MR) is 98.3 cm³/mol. The van der Waals surface area contributed by atoms with Crippen molar-refractivity contribution in [3.05, 3.63) is 22.0 Å². The van der Waals surface area contributed by atoms with Crippen molar-refractivity contribution in [2.24, 2.45) is 5.92 Å². The van der Waals surface area contributed by atoms with Gasteiger partial charge in [0.2, 0.25) is 5.91 Å². The summed E-state index contributed by atoms with van der Waals surface area (Å²) in [6, 6.07) is 0. The highest BCUT2D eigenvalue weighted by molar-refractivity contribution is 8.03. The molecule has 1 unspecified atom stereocenters. The van der Waals surface area contributed by atoms with Gasteiger partial charge in [0.05, 0.1) is 22.4 Å². The van der Waals surface area contributed by atoms with E-state index in [0.717, 1.165) is 46.6 Å². The Balaban J connectivity index is 1.93. The number of carbonyl (C=O) groups excluding carboxylic acids is 2. The Bertz CT molecular complexity index is 627. The minimum Gasteiger partial charge on any atom is -0.460 e. The van der Waals surface area contributed by atoms with Crippen molar-refractivity contribution in [2.45, 2.75) is 33.8 Å². The lowest BCUT2D eigenvalue weighted by Gasteiger charge is -2.32. The number of rotatable bonds is 2. The minimum atomic E-state index is -0.199. The van der Waals surface area contributed by atoms with Gasteiger partial charge >= 0.3 is 5.97 Å². The second-order valence-corrected chi connectivity index (χ2v) is 8.66. The van der Waals surface area contributed by atoms with Crippen LogP contribution in [0.3, 0.4) is 0 Å². The SMILES string of the molecule is CC(=O)N1CCSCC1=C1CSC2=C(C(=O)OC(C)C)C(C)CN12. The van der Waals surface area contributed by atoms with Crippen LogP contribution >= 0.6 is 23.5 Å². The van der Waals surface area contributed by atoms with Crippen LogP contribution in [-0.4, -0.2) is 58.1 Å². The van der Waals surface area contributed by atoms with Crippen LogP contribution in [0.25, 0.3) is 0 Å². The number of fused-ring (bicyclic) bond motifs is 1. The number of esters is 1. The number of hydrogen-bond donors (Lipinski definition) is 0. The smallest absolute Gasteiger partial charge is 0.337 e. The number of thioether (sulfide) groups is 2. The number of nitrogens with zero attached hydrogens (tertiary/aromatic N) is 2. The van der Waals surface area contributed by atoms with Gasteiger partial charge in [-0.25, -0.2) is 4.79 Å². The second-order valence-electron chi connectivity index (χ2n) is 6.59. The Morgan fingerprint density at radius 2 is 2.00 bits per heavy atom. The van der Waals surface area contributed by atoms with E-state index in [1.54, 1.807) is 18.7 Å². The molecule has 3 rings (SSSR count). The average molecular weight is 369 g/mol. The maximum absolute atomic E-state index is 12.5. The fourth-order valence-electron chi connectivity index (χ4n) is 3.34. The molecular formula is C17H24N2O3S2. The van der Waals surface area contributed by atoms with E-state index in [1.807, 2.05) is 30.5 Å². The van der Waals surface area contributed by atoms with E-state index in [9.17, 15) is 9.59 Å². The molecule has 2 saturated heterocycles. The third-order valence-electron chi connectivity index (χ3n) is 4.40. The summed E-state index contributed by atoms with van der Waals surface area (Å²) in [5.74, 6) is 2.72. The summed E-state index contributed by atoms with van der Waals surface area (Å²) in [5.41, 5.74) is 3.10. The molecule has 1 atom stereocenters. The first kappa shape index (κ1) is 17.7. The molecule has 3 aliphatic heterocycles. The molecule has 132 valence electrons. The standard InChI is InChI=1S/C17H24N2O3S2/c1-10(2)22-17(21)15-11(3)7-19-14(9-24-16(15)19)13-8-23-6-5-18(13)12(4)20/h10-11H,5-9H2,1-4H3. The Labute approximate surface area is 151 Å². The molecule has 0 aromatic carbocycles. The number of amides is 1. The number of carbonyl (C=O) groups is 2. The van der Waals surface area contributed by atoms with Crippen molar-refractivity contribution < 1.29 is 14.3 Å². The zero-order valence-corrected chi connectivity index (χ0v) is 16.3. The van der Waals surface area contributed by atoms with Crippen LogP contribution < -0.4 is 0 Å². The highest BCUT2D eigenvalue weighted by atomic mass is 32.2. The van der Waals surface area contributed by atoms with E-state index < -0.39 is 0 Å². The number of hydrogen-bond acceptors (Lipinski definition) is 6. The van der Waals surface area contributed by atoms with Gasteiger partial charge in [0.25, 0.3) is 0 Å². The summed E-state index contributed by atoms with van der Waals surface area (Å²) in [6.07, 6.45) is -0.112. The lowest BCUT2D eigenvalue weighted by molar-refractivity contribution is -0.143. The molecule has 24 heavy (non-hydrogen) atoms. The monoisotopic (exact) mass is 368 g/mol. The van der Waals surface area contributed by atoms with E-state index >= 15 is 0 Å². The van der Waals surface area contributed by atoms with Crippen molar-refractivity contribution >= 4 is 35.4 Å². The molecule has 3 heterocycles. The van der Waals surface area contributed by atoms with Crippen molar-refractivity contribution in [1.29, 1.82) is 0 Å². The minimum absolute atomic E-state index is 0.104. The summed E-state index contributed by atoms with van der Waals surface area (Å²) in [7, 11) is 0. The first-order valence-corrected chi connectivity index (χ1v) is 10.5. The van der Waals surface area contributed by atoms with Crippen molar-refractivity contribution in [1.82, 2.24) is 9.80 Å². The normalized spacial score (nSPS) is 27.1. The highest BCUT2D eigenvalue weighted by Crippen LogP contribution is 2.47. The van der Waals surface area contributed by atoms with Gasteiger partial charge in [-0.3, -0.25) is 4.79 Å². The molecule has 0 bridgehead atoms. The van der Waals surface area contributed by atoms with Crippen molar-refractivity contribution in [2.75, 3.05) is 30.3 Å². The Morgan fingerprint density at radius 3 is 2.67 bits per heavy atom. The highest BCUT2D eigenvalue weighted by Gasteiger charge is 2.41. The van der Waals surface area contributed by atoms with Crippen LogP contribution in [0.2, 0.25) is 0 Å². The zero-order valence-electron chi connectivity index (χ0n) is 14.6. The molecule has 3 aliphatic rings. The van der Waals surface area contributed by atoms with Crippen molar-refractivity contribution in [3.63, 3.8) is 0 Å². The molecule has 0 N–H and O–H groups in total. The van der Waals surface area contributed by atoms with E-state index in [2.05, 4.69) is 11.8 Å². The van der Waals surface area contributed by atoms with Crippen LogP contribution in [-0.2, 0) is 14.3 Å². The fourth-order valence-corrected chi connectivity index (χ4v) is 5.68. The van der Waals surface area contributed by atoms with Gasteiger partial charge in [-0.05, 0) is 13.8 Å². The third-order valence-corrected chi connectivity index (χ3v) is 6.48. The van der Waals surface area contributed by atoms with Gasteiger partial charge in [0.1, 0.15) is 0 Å². The van der Waals surface area contributed by atoms with Gasteiger partial charge in [0, 0.05) is 48.9 Å². The van der Waals surface area contributed by atoms with Crippen LogP contribution in [0, 0.1) is 5.92 Å². The maximum Gasteiger partial charge on any atom is 0.337 e. The van der Waals surface area contributed by atoms with Crippen LogP contribution in [0.1, 0.15) is 27.7 Å². The summed E-state index contributed by atoms with van der Waals surface area (Å²) in [6.45, 7) is 9.02. The van der Waals surface area contributed by atoms with E-state index in [-0.39, 0.29) is 23.9 Å². The maximum atomic E-state index is 12.5. The van der Waals surface area contributed by atoms with Gasteiger partial charge < -0.3 is 14.5 Å². The largest absolute Gasteiger partial charge is 0.460 e. The zero-order chi connectivity index (χ0) is 17.4. The second kappa shape index (κ2) is 7.04. The molecule has 5 nitrogen and oxygen atoms in total. The summed E-state index contributed by atoms with van der Waals surface area (Å²) < 4.78 is 5.43. The summed E-state index contributed by atoms with van der Waals surface area (Å²) >= 11 is 3.56. The topological polar surface area (TPSA) is 49.9 Å². The van der Waals surface area contributed by atoms with Crippen LogP contribution in [0.5, 0.6) is 0 Å². The molecular weight excluding hydrogens is 344 g/mol. The Kier molecular flexibility index (Phi) is 5.20. The van der Waals surface area contributed by atoms with E-state index in [1.165, 1.54) is 5.70 Å². The average Bonchev–Trinajstić information content (AvgIpc) is 3.03. The molecule has 0 aromatic rings. The van der Waals surface area contributed by atoms with Crippen molar-refractivity contribution in [3.8, 4) is 0 Å². The number of ether oxygens (including phenoxy) is 1. The quantitative estimate of drug-likeness (QED) is 0.699. The van der Waals surface area contributed by atoms with Gasteiger partial charge in [-0.15, -0.1) is 11.8 Å². The Hall–Kier alpha value is -1.08. The predicted octanol–water partition coefficient (Wildman–Crippen LogP) is 2.66. The molecule has 0 saturated carbocycles. The third kappa shape index (κ3) is 3.20. The molecule has 0 aliphatic carbocycles. The lowest BCUT2D eigenvalue weighted by Crippen LogP contribution is -2.37. The molecule has 2 fully saturated rings. The molecule has 0 aromatic heterocycles. The molecule has 1 amide bonds. The molecule has 0 spiro atoms. The first-order chi connectivity index (χ1) is 11.4. The van der Waals surface area contributed by atoms with Gasteiger partial charge in [0.15, 0.2) is 0 Å². The first-order valence-electron chi connectivity index (χ1n) is 8.33. The Morgan fingerprint density at radius 1 is 1.25 bits per heavy atom. The van der Waals surface area contributed by atoms with Gasteiger partial charge in [-0.1, -0.05) is 6.92 Å². The molecule has 7 heteroatoms.